The van der Waals surface area contributed by atoms with Gasteiger partial charge in [0.05, 0.1) is 12.7 Å². The van der Waals surface area contributed by atoms with Crippen molar-refractivity contribution < 1.29 is 24.5 Å². The Morgan fingerprint density at radius 2 is 1.86 bits per heavy atom. The van der Waals surface area contributed by atoms with E-state index in [9.17, 15) is 14.7 Å². The van der Waals surface area contributed by atoms with Crippen LogP contribution in [-0.2, 0) is 16.0 Å². The summed E-state index contributed by atoms with van der Waals surface area (Å²) in [7, 11) is 0. The molecule has 3 N–H and O–H groups in total. The molecule has 0 saturated carbocycles. The summed E-state index contributed by atoms with van der Waals surface area (Å²) in [6, 6.07) is 8.78. The summed E-state index contributed by atoms with van der Waals surface area (Å²) in [5, 5.41) is 20.2. The molecule has 6 heteroatoms. The summed E-state index contributed by atoms with van der Waals surface area (Å²) in [4.78, 5) is 22.2. The van der Waals surface area contributed by atoms with Gasteiger partial charge in [0.1, 0.15) is 0 Å². The van der Waals surface area contributed by atoms with Crippen molar-refractivity contribution in [3.8, 4) is 0 Å². The van der Waals surface area contributed by atoms with Crippen LogP contribution in [0.15, 0.2) is 30.3 Å². The van der Waals surface area contributed by atoms with Gasteiger partial charge in [-0.2, -0.15) is 0 Å². The van der Waals surface area contributed by atoms with Crippen LogP contribution in [0.5, 0.6) is 0 Å². The molecule has 2 atom stereocenters. The van der Waals surface area contributed by atoms with Gasteiger partial charge in [0.2, 0.25) is 0 Å². The van der Waals surface area contributed by atoms with Gasteiger partial charge in [-0.3, -0.25) is 0 Å². The average Bonchev–Trinajstić information content (AvgIpc) is 2.48. The Kier molecular flexibility index (Phi) is 7.99. The number of alkyl carbamates (subject to hydrolysis) is 1. The molecule has 1 aromatic carbocycles. The Morgan fingerprint density at radius 3 is 2.45 bits per heavy atom. The van der Waals surface area contributed by atoms with E-state index in [-0.39, 0.29) is 6.61 Å². The lowest BCUT2D eigenvalue weighted by molar-refractivity contribution is -0.142. The number of carbonyl (C=O) groups is 2. The van der Waals surface area contributed by atoms with E-state index in [2.05, 4.69) is 17.4 Å². The number of amides is 1. The Bertz CT molecular complexity index is 461. The summed E-state index contributed by atoms with van der Waals surface area (Å²) in [6.45, 7) is 1.52. The number of aliphatic carboxylic acids is 1. The zero-order chi connectivity index (χ0) is 16.4. The maximum absolute atomic E-state index is 11.4. The fourth-order valence-electron chi connectivity index (χ4n) is 1.97. The van der Waals surface area contributed by atoms with Crippen molar-refractivity contribution in [3.05, 3.63) is 35.9 Å². The normalized spacial score (nSPS) is 13.2. The first-order valence-corrected chi connectivity index (χ1v) is 7.39. The maximum atomic E-state index is 11.4. The number of aryl methyl sites for hydroxylation is 1. The van der Waals surface area contributed by atoms with Crippen LogP contribution in [0, 0.1) is 0 Å². The number of hydrogen-bond donors (Lipinski definition) is 3. The third kappa shape index (κ3) is 7.08. The van der Waals surface area contributed by atoms with Gasteiger partial charge in [0.25, 0.3) is 0 Å². The second-order valence-electron chi connectivity index (χ2n) is 5.13. The van der Waals surface area contributed by atoms with Crippen molar-refractivity contribution in [2.24, 2.45) is 0 Å². The van der Waals surface area contributed by atoms with Gasteiger partial charge in [-0.15, -0.1) is 0 Å². The molecular formula is C16H23NO5. The highest BCUT2D eigenvalue weighted by Crippen LogP contribution is 2.06. The highest BCUT2D eigenvalue weighted by molar-refractivity contribution is 5.80. The van der Waals surface area contributed by atoms with Crippen molar-refractivity contribution in [3.63, 3.8) is 0 Å². The van der Waals surface area contributed by atoms with Crippen molar-refractivity contribution >= 4 is 12.1 Å². The topological polar surface area (TPSA) is 95.9 Å². The van der Waals surface area contributed by atoms with E-state index in [1.54, 1.807) is 0 Å². The summed E-state index contributed by atoms with van der Waals surface area (Å²) < 4.78 is 4.90. The van der Waals surface area contributed by atoms with Crippen LogP contribution >= 0.6 is 0 Å². The van der Waals surface area contributed by atoms with E-state index >= 15 is 0 Å². The first-order valence-electron chi connectivity index (χ1n) is 7.39. The van der Waals surface area contributed by atoms with Gasteiger partial charge >= 0.3 is 12.1 Å². The summed E-state index contributed by atoms with van der Waals surface area (Å²) in [6.07, 6.45) is 1.61. The van der Waals surface area contributed by atoms with Crippen LogP contribution in [0.2, 0.25) is 0 Å². The number of benzene rings is 1. The molecule has 1 aromatic rings. The van der Waals surface area contributed by atoms with Crippen LogP contribution in [0.1, 0.15) is 31.7 Å². The maximum Gasteiger partial charge on any atom is 0.407 e. The van der Waals surface area contributed by atoms with Crippen LogP contribution in [0.3, 0.4) is 0 Å². The van der Waals surface area contributed by atoms with E-state index in [1.807, 2.05) is 18.2 Å². The number of aliphatic hydroxyl groups is 1. The van der Waals surface area contributed by atoms with Crippen LogP contribution in [0.25, 0.3) is 0 Å². The highest BCUT2D eigenvalue weighted by Gasteiger charge is 2.25. The van der Waals surface area contributed by atoms with E-state index < -0.39 is 24.2 Å². The predicted molar refractivity (Wildman–Crippen MR) is 81.6 cm³/mol. The minimum absolute atomic E-state index is 0.229. The van der Waals surface area contributed by atoms with Gasteiger partial charge in [-0.05, 0) is 38.2 Å². The molecule has 0 heterocycles. The molecule has 0 aliphatic carbocycles. The molecule has 0 aromatic heterocycles. The molecule has 0 saturated heterocycles. The highest BCUT2D eigenvalue weighted by atomic mass is 16.5. The molecule has 0 aliphatic heterocycles. The van der Waals surface area contributed by atoms with Crippen LogP contribution in [0.4, 0.5) is 4.79 Å². The standard InChI is InChI=1S/C16H23NO5/c1-12(18)14(15(19)20)17-16(21)22-11-7-3-6-10-13-8-4-2-5-9-13/h2,4-5,8-9,12,14,18H,3,6-7,10-11H2,1H3,(H,17,21)(H,19,20)/t12-,14+/m1/s1. The average molecular weight is 309 g/mol. The number of aliphatic hydroxyl groups excluding tert-OH is 1. The van der Waals surface area contributed by atoms with E-state index in [4.69, 9.17) is 9.84 Å². The molecule has 0 unspecified atom stereocenters. The van der Waals surface area contributed by atoms with Crippen LogP contribution in [-0.4, -0.2) is 41.0 Å². The Hall–Kier alpha value is -2.08. The van der Waals surface area contributed by atoms with E-state index in [0.717, 1.165) is 19.3 Å². The van der Waals surface area contributed by atoms with Crippen molar-refractivity contribution in [2.45, 2.75) is 44.8 Å². The quantitative estimate of drug-likeness (QED) is 0.606. The number of rotatable bonds is 9. The molecule has 0 aliphatic rings. The van der Waals surface area contributed by atoms with Crippen molar-refractivity contribution in [2.75, 3.05) is 6.61 Å². The lowest BCUT2D eigenvalue weighted by Crippen LogP contribution is -2.47. The number of ether oxygens (including phenoxy) is 1. The number of carbonyl (C=O) groups excluding carboxylic acids is 1. The largest absolute Gasteiger partial charge is 0.480 e. The number of carboxylic acids is 1. The Labute approximate surface area is 130 Å². The molecule has 1 amide bonds. The number of carboxylic acid groups (broad SMARTS) is 1. The summed E-state index contributed by atoms with van der Waals surface area (Å²) in [5.74, 6) is -1.30. The third-order valence-electron chi connectivity index (χ3n) is 3.21. The fraction of sp³-hybridized carbons (Fsp3) is 0.500. The minimum Gasteiger partial charge on any atom is -0.480 e. The van der Waals surface area contributed by atoms with E-state index in [0.29, 0.717) is 6.42 Å². The molecule has 1 rings (SSSR count). The minimum atomic E-state index is -1.36. The molecule has 0 radical (unpaired) electrons. The van der Waals surface area contributed by atoms with E-state index in [1.165, 1.54) is 12.5 Å². The predicted octanol–water partition coefficient (Wildman–Crippen LogP) is 1.96. The Balaban J connectivity index is 2.11. The van der Waals surface area contributed by atoms with Gasteiger partial charge in [-0.25, -0.2) is 9.59 Å². The molecular weight excluding hydrogens is 286 g/mol. The SMILES string of the molecule is C[C@@H](O)[C@H](NC(=O)OCCCCCc1ccccc1)C(=O)O. The van der Waals surface area contributed by atoms with Gasteiger partial charge in [0.15, 0.2) is 6.04 Å². The monoisotopic (exact) mass is 309 g/mol. The molecule has 122 valence electrons. The second kappa shape index (κ2) is 9.78. The molecule has 22 heavy (non-hydrogen) atoms. The summed E-state index contributed by atoms with van der Waals surface area (Å²) >= 11 is 0. The van der Waals surface area contributed by atoms with Gasteiger partial charge in [0, 0.05) is 0 Å². The number of nitrogens with one attached hydrogen (secondary N) is 1. The van der Waals surface area contributed by atoms with Gasteiger partial charge in [-0.1, -0.05) is 30.3 Å². The lowest BCUT2D eigenvalue weighted by Gasteiger charge is -2.16. The Morgan fingerprint density at radius 1 is 1.18 bits per heavy atom. The van der Waals surface area contributed by atoms with Crippen molar-refractivity contribution in [1.29, 1.82) is 0 Å². The molecule has 0 fully saturated rings. The zero-order valence-corrected chi connectivity index (χ0v) is 12.7. The fourth-order valence-corrected chi connectivity index (χ4v) is 1.97. The lowest BCUT2D eigenvalue weighted by atomic mass is 10.1. The molecule has 0 spiro atoms. The number of unbranched alkanes of at least 4 members (excludes halogenated alkanes) is 2. The number of hydrogen-bond acceptors (Lipinski definition) is 4. The first kappa shape index (κ1) is 18.0. The molecule has 6 nitrogen and oxygen atoms in total. The first-order chi connectivity index (χ1) is 10.5. The van der Waals surface area contributed by atoms with Crippen molar-refractivity contribution in [1.82, 2.24) is 5.32 Å². The zero-order valence-electron chi connectivity index (χ0n) is 12.7. The second-order valence-corrected chi connectivity index (χ2v) is 5.13. The smallest absolute Gasteiger partial charge is 0.407 e. The third-order valence-corrected chi connectivity index (χ3v) is 3.21. The van der Waals surface area contributed by atoms with Crippen LogP contribution < -0.4 is 5.32 Å². The summed E-state index contributed by atoms with van der Waals surface area (Å²) in [5.41, 5.74) is 1.28. The molecule has 0 bridgehead atoms. The van der Waals surface area contributed by atoms with Gasteiger partial charge < -0.3 is 20.3 Å².